The topological polar surface area (TPSA) is 58.1 Å². The van der Waals surface area contributed by atoms with E-state index in [-0.39, 0.29) is 12.3 Å². The summed E-state index contributed by atoms with van der Waals surface area (Å²) in [4.78, 5) is 23.3. The van der Waals surface area contributed by atoms with Crippen LogP contribution < -0.4 is 10.2 Å². The van der Waals surface area contributed by atoms with Crippen molar-refractivity contribution in [3.8, 4) is 10.6 Å². The van der Waals surface area contributed by atoms with Crippen molar-refractivity contribution in [2.75, 3.05) is 16.8 Å². The standard InChI is InChI=1S/C21H24N4OS/c1-4-25(15(2)3)19-9-7-17(8-10-19)23-20(26)12-18-14-27-21(24-18)16-6-5-11-22-13-16/h5-11,13-15H,4,12H2,1-3H3,(H,23,26). The van der Waals surface area contributed by atoms with Crippen LogP contribution in [-0.4, -0.2) is 28.5 Å². The van der Waals surface area contributed by atoms with Crippen LogP contribution in [0.5, 0.6) is 0 Å². The molecule has 0 aliphatic heterocycles. The molecule has 0 atom stereocenters. The molecule has 0 radical (unpaired) electrons. The molecule has 5 nitrogen and oxygen atoms in total. The molecular weight excluding hydrogens is 356 g/mol. The van der Waals surface area contributed by atoms with Gasteiger partial charge in [0.2, 0.25) is 5.91 Å². The first-order valence-electron chi connectivity index (χ1n) is 9.08. The molecule has 1 N–H and O–H groups in total. The van der Waals surface area contributed by atoms with Gasteiger partial charge in [0.25, 0.3) is 0 Å². The highest BCUT2D eigenvalue weighted by atomic mass is 32.1. The molecule has 0 aliphatic carbocycles. The molecule has 0 fully saturated rings. The fraction of sp³-hybridized carbons (Fsp3) is 0.286. The highest BCUT2D eigenvalue weighted by Gasteiger charge is 2.11. The van der Waals surface area contributed by atoms with Crippen LogP contribution in [0.15, 0.2) is 54.2 Å². The van der Waals surface area contributed by atoms with Crippen molar-refractivity contribution < 1.29 is 4.79 Å². The van der Waals surface area contributed by atoms with Gasteiger partial charge in [-0.05, 0) is 57.2 Å². The first kappa shape index (κ1) is 19.0. The molecule has 0 aliphatic rings. The van der Waals surface area contributed by atoms with Crippen LogP contribution in [0.1, 0.15) is 26.5 Å². The monoisotopic (exact) mass is 380 g/mol. The summed E-state index contributed by atoms with van der Waals surface area (Å²) in [7, 11) is 0. The Morgan fingerprint density at radius 1 is 1.22 bits per heavy atom. The van der Waals surface area contributed by atoms with Crippen LogP contribution in [0.25, 0.3) is 10.6 Å². The van der Waals surface area contributed by atoms with E-state index in [2.05, 4.69) is 41.0 Å². The van der Waals surface area contributed by atoms with Gasteiger partial charge in [-0.1, -0.05) is 0 Å². The molecule has 2 heterocycles. The van der Waals surface area contributed by atoms with E-state index in [0.29, 0.717) is 6.04 Å². The van der Waals surface area contributed by atoms with Crippen molar-refractivity contribution in [1.82, 2.24) is 9.97 Å². The van der Waals surface area contributed by atoms with Gasteiger partial charge >= 0.3 is 0 Å². The maximum absolute atomic E-state index is 12.3. The van der Waals surface area contributed by atoms with Crippen molar-refractivity contribution in [2.45, 2.75) is 33.2 Å². The first-order chi connectivity index (χ1) is 13.1. The molecule has 0 saturated heterocycles. The van der Waals surface area contributed by atoms with E-state index in [9.17, 15) is 4.79 Å². The fourth-order valence-electron chi connectivity index (χ4n) is 2.96. The fourth-order valence-corrected chi connectivity index (χ4v) is 3.77. The lowest BCUT2D eigenvalue weighted by atomic mass is 10.2. The second-order valence-corrected chi connectivity index (χ2v) is 7.40. The molecule has 27 heavy (non-hydrogen) atoms. The summed E-state index contributed by atoms with van der Waals surface area (Å²) in [6.07, 6.45) is 3.77. The predicted molar refractivity (Wildman–Crippen MR) is 112 cm³/mol. The van der Waals surface area contributed by atoms with E-state index in [0.717, 1.165) is 34.2 Å². The maximum Gasteiger partial charge on any atom is 0.230 e. The number of carbonyl (C=O) groups excluding carboxylic acids is 1. The van der Waals surface area contributed by atoms with Gasteiger partial charge in [0.15, 0.2) is 0 Å². The molecule has 140 valence electrons. The number of rotatable bonds is 7. The van der Waals surface area contributed by atoms with Crippen molar-refractivity contribution in [3.05, 3.63) is 59.9 Å². The molecule has 2 aromatic heterocycles. The number of amides is 1. The Balaban J connectivity index is 1.60. The van der Waals surface area contributed by atoms with Gasteiger partial charge < -0.3 is 10.2 Å². The SMILES string of the molecule is CCN(c1ccc(NC(=O)Cc2csc(-c3cccnc3)n2)cc1)C(C)C. The minimum atomic E-state index is -0.0676. The molecule has 3 rings (SSSR count). The number of hydrogen-bond acceptors (Lipinski definition) is 5. The normalized spacial score (nSPS) is 10.8. The smallest absolute Gasteiger partial charge is 0.230 e. The van der Waals surface area contributed by atoms with Crippen LogP contribution in [0.2, 0.25) is 0 Å². The third-order valence-corrected chi connectivity index (χ3v) is 5.19. The number of hydrogen-bond donors (Lipinski definition) is 1. The van der Waals surface area contributed by atoms with E-state index in [1.807, 2.05) is 41.8 Å². The number of thiazole rings is 1. The van der Waals surface area contributed by atoms with Crippen LogP contribution >= 0.6 is 11.3 Å². The number of anilines is 2. The number of nitrogens with one attached hydrogen (secondary N) is 1. The Labute approximate surface area is 164 Å². The highest BCUT2D eigenvalue weighted by Crippen LogP contribution is 2.23. The minimum absolute atomic E-state index is 0.0676. The Bertz CT molecular complexity index is 875. The zero-order valence-corrected chi connectivity index (χ0v) is 16.7. The molecular formula is C21H24N4OS. The predicted octanol–water partition coefficient (Wildman–Crippen LogP) is 4.62. The van der Waals surface area contributed by atoms with Gasteiger partial charge in [-0.2, -0.15) is 0 Å². The lowest BCUT2D eigenvalue weighted by molar-refractivity contribution is -0.115. The third kappa shape index (κ3) is 4.92. The van der Waals surface area contributed by atoms with Crippen LogP contribution in [0.4, 0.5) is 11.4 Å². The molecule has 0 unspecified atom stereocenters. The summed E-state index contributed by atoms with van der Waals surface area (Å²) in [5.74, 6) is -0.0676. The molecule has 1 aromatic carbocycles. The summed E-state index contributed by atoms with van der Waals surface area (Å²) in [6.45, 7) is 7.44. The largest absolute Gasteiger partial charge is 0.369 e. The quantitative estimate of drug-likeness (QED) is 0.650. The van der Waals surface area contributed by atoms with E-state index < -0.39 is 0 Å². The lowest BCUT2D eigenvalue weighted by Crippen LogP contribution is -2.30. The van der Waals surface area contributed by atoms with Crippen molar-refractivity contribution in [3.63, 3.8) is 0 Å². The van der Waals surface area contributed by atoms with Crippen molar-refractivity contribution in [2.24, 2.45) is 0 Å². The summed E-state index contributed by atoms with van der Waals surface area (Å²) in [5.41, 5.74) is 3.69. The van der Waals surface area contributed by atoms with Crippen LogP contribution in [0, 0.1) is 0 Å². The zero-order valence-electron chi connectivity index (χ0n) is 15.8. The lowest BCUT2D eigenvalue weighted by Gasteiger charge is -2.27. The van der Waals surface area contributed by atoms with E-state index in [1.165, 1.54) is 11.3 Å². The summed E-state index contributed by atoms with van der Waals surface area (Å²) < 4.78 is 0. The Morgan fingerprint density at radius 2 is 2.00 bits per heavy atom. The van der Waals surface area contributed by atoms with E-state index in [4.69, 9.17) is 0 Å². The van der Waals surface area contributed by atoms with E-state index in [1.54, 1.807) is 12.4 Å². The molecule has 0 spiro atoms. The van der Waals surface area contributed by atoms with Crippen LogP contribution in [0.3, 0.4) is 0 Å². The number of aromatic nitrogens is 2. The molecule has 0 bridgehead atoms. The number of nitrogens with zero attached hydrogens (tertiary/aromatic N) is 3. The average molecular weight is 381 g/mol. The highest BCUT2D eigenvalue weighted by molar-refractivity contribution is 7.13. The zero-order chi connectivity index (χ0) is 19.2. The molecule has 1 amide bonds. The molecule has 0 saturated carbocycles. The Kier molecular flexibility index (Phi) is 6.19. The molecule has 6 heteroatoms. The maximum atomic E-state index is 12.3. The van der Waals surface area contributed by atoms with Gasteiger partial charge in [-0.15, -0.1) is 11.3 Å². The second-order valence-electron chi connectivity index (χ2n) is 6.54. The minimum Gasteiger partial charge on any atom is -0.369 e. The third-order valence-electron chi connectivity index (χ3n) is 4.25. The average Bonchev–Trinajstić information content (AvgIpc) is 3.12. The van der Waals surface area contributed by atoms with Crippen LogP contribution in [-0.2, 0) is 11.2 Å². The van der Waals surface area contributed by atoms with Crippen molar-refractivity contribution in [1.29, 1.82) is 0 Å². The van der Waals surface area contributed by atoms with Crippen molar-refractivity contribution >= 4 is 28.6 Å². The first-order valence-corrected chi connectivity index (χ1v) is 9.96. The van der Waals surface area contributed by atoms with E-state index >= 15 is 0 Å². The molecule has 3 aromatic rings. The van der Waals surface area contributed by atoms with Gasteiger partial charge in [0.1, 0.15) is 5.01 Å². The van der Waals surface area contributed by atoms with Gasteiger partial charge in [-0.25, -0.2) is 4.98 Å². The van der Waals surface area contributed by atoms with Gasteiger partial charge in [0.05, 0.1) is 12.1 Å². The summed E-state index contributed by atoms with van der Waals surface area (Å²) in [6, 6.07) is 12.3. The Morgan fingerprint density at radius 3 is 2.63 bits per heavy atom. The second kappa shape index (κ2) is 8.77. The number of carbonyl (C=O) groups is 1. The number of benzene rings is 1. The Hall–Kier alpha value is -2.73. The van der Waals surface area contributed by atoms with Gasteiger partial charge in [-0.3, -0.25) is 9.78 Å². The number of pyridine rings is 1. The summed E-state index contributed by atoms with van der Waals surface area (Å²) >= 11 is 1.52. The van der Waals surface area contributed by atoms with Gasteiger partial charge in [0, 0.05) is 47.3 Å². The summed E-state index contributed by atoms with van der Waals surface area (Å²) in [5, 5.41) is 5.75.